The monoisotopic (exact) mass is 247 g/mol. The molecule has 3 heteroatoms. The molecule has 3 N–H and O–H groups in total. The molecule has 1 aliphatic heterocycles. The smallest absolute Gasteiger partial charge is 0.0433 e. The Kier molecular flexibility index (Phi) is 4.75. The summed E-state index contributed by atoms with van der Waals surface area (Å²) in [5, 5.41) is 3.60. The SMILES string of the molecule is CCNC1(CN)CCCN(Cc2ccccc2)C1. The van der Waals surface area contributed by atoms with E-state index in [0.29, 0.717) is 0 Å². The number of rotatable bonds is 5. The molecule has 0 aliphatic carbocycles. The van der Waals surface area contributed by atoms with Gasteiger partial charge in [0.05, 0.1) is 0 Å². The minimum atomic E-state index is 0.127. The maximum atomic E-state index is 5.99. The van der Waals surface area contributed by atoms with Crippen molar-refractivity contribution in [2.24, 2.45) is 5.73 Å². The number of nitrogens with two attached hydrogens (primary N) is 1. The van der Waals surface area contributed by atoms with Gasteiger partial charge in [-0.15, -0.1) is 0 Å². The Labute approximate surface area is 110 Å². The third-order valence-electron chi connectivity index (χ3n) is 3.85. The van der Waals surface area contributed by atoms with E-state index in [9.17, 15) is 0 Å². The average molecular weight is 247 g/mol. The van der Waals surface area contributed by atoms with E-state index in [1.165, 1.54) is 24.9 Å². The molecule has 100 valence electrons. The van der Waals surface area contributed by atoms with Crippen LogP contribution in [0.2, 0.25) is 0 Å². The first-order valence-corrected chi connectivity index (χ1v) is 6.99. The van der Waals surface area contributed by atoms with Gasteiger partial charge in [-0.1, -0.05) is 37.3 Å². The lowest BCUT2D eigenvalue weighted by atomic mass is 9.88. The van der Waals surface area contributed by atoms with E-state index in [-0.39, 0.29) is 5.54 Å². The number of nitrogens with zero attached hydrogens (tertiary/aromatic N) is 1. The Hall–Kier alpha value is -0.900. The molecule has 0 aromatic heterocycles. The summed E-state index contributed by atoms with van der Waals surface area (Å²) >= 11 is 0. The molecule has 1 aromatic carbocycles. The van der Waals surface area contributed by atoms with Gasteiger partial charge in [-0.25, -0.2) is 0 Å². The van der Waals surface area contributed by atoms with E-state index in [4.69, 9.17) is 5.73 Å². The number of nitrogens with one attached hydrogen (secondary N) is 1. The summed E-state index contributed by atoms with van der Waals surface area (Å²) in [5.74, 6) is 0. The fourth-order valence-corrected chi connectivity index (χ4v) is 2.96. The van der Waals surface area contributed by atoms with Crippen LogP contribution < -0.4 is 11.1 Å². The largest absolute Gasteiger partial charge is 0.329 e. The number of benzene rings is 1. The number of likely N-dealkylation sites (tertiary alicyclic amines) is 1. The Bertz CT molecular complexity index is 348. The molecule has 1 heterocycles. The highest BCUT2D eigenvalue weighted by Crippen LogP contribution is 2.21. The Morgan fingerprint density at radius 1 is 1.33 bits per heavy atom. The minimum Gasteiger partial charge on any atom is -0.329 e. The molecule has 1 saturated heterocycles. The zero-order valence-electron chi connectivity index (χ0n) is 11.4. The van der Waals surface area contributed by atoms with Crippen molar-refractivity contribution in [3.63, 3.8) is 0 Å². The molecule has 18 heavy (non-hydrogen) atoms. The highest BCUT2D eigenvalue weighted by atomic mass is 15.2. The second kappa shape index (κ2) is 6.32. The van der Waals surface area contributed by atoms with E-state index in [1.807, 2.05) is 0 Å². The molecule has 0 amide bonds. The van der Waals surface area contributed by atoms with E-state index in [2.05, 4.69) is 47.5 Å². The quantitative estimate of drug-likeness (QED) is 0.830. The van der Waals surface area contributed by atoms with Gasteiger partial charge in [-0.05, 0) is 31.5 Å². The summed E-state index contributed by atoms with van der Waals surface area (Å²) < 4.78 is 0. The standard InChI is InChI=1S/C15H25N3/c1-2-17-15(12-16)9-6-10-18(13-15)11-14-7-4-3-5-8-14/h3-5,7-8,17H,2,6,9-13,16H2,1H3. The van der Waals surface area contributed by atoms with E-state index in [0.717, 1.165) is 26.2 Å². The zero-order valence-corrected chi connectivity index (χ0v) is 11.4. The van der Waals surface area contributed by atoms with Crippen LogP contribution in [-0.4, -0.2) is 36.6 Å². The van der Waals surface area contributed by atoms with Crippen molar-refractivity contribution >= 4 is 0 Å². The van der Waals surface area contributed by atoms with Gasteiger partial charge in [-0.2, -0.15) is 0 Å². The van der Waals surface area contributed by atoms with Crippen molar-refractivity contribution < 1.29 is 0 Å². The highest BCUT2D eigenvalue weighted by molar-refractivity contribution is 5.14. The second-order valence-corrected chi connectivity index (χ2v) is 5.31. The van der Waals surface area contributed by atoms with Gasteiger partial charge in [0, 0.05) is 25.2 Å². The fraction of sp³-hybridized carbons (Fsp3) is 0.600. The molecule has 1 atom stereocenters. The van der Waals surface area contributed by atoms with Crippen LogP contribution in [0.5, 0.6) is 0 Å². The van der Waals surface area contributed by atoms with Crippen molar-refractivity contribution in [1.82, 2.24) is 10.2 Å². The van der Waals surface area contributed by atoms with Crippen LogP contribution in [0.15, 0.2) is 30.3 Å². The molecule has 0 bridgehead atoms. The normalized spacial score (nSPS) is 25.2. The van der Waals surface area contributed by atoms with Crippen LogP contribution in [-0.2, 0) is 6.54 Å². The lowest BCUT2D eigenvalue weighted by molar-refractivity contribution is 0.121. The molecule has 2 rings (SSSR count). The molecule has 3 nitrogen and oxygen atoms in total. The maximum absolute atomic E-state index is 5.99. The minimum absolute atomic E-state index is 0.127. The van der Waals surface area contributed by atoms with Gasteiger partial charge < -0.3 is 11.1 Å². The summed E-state index contributed by atoms with van der Waals surface area (Å²) in [7, 11) is 0. The molecule has 0 saturated carbocycles. The molecule has 0 spiro atoms. The average Bonchev–Trinajstić information content (AvgIpc) is 2.41. The Morgan fingerprint density at radius 3 is 2.78 bits per heavy atom. The van der Waals surface area contributed by atoms with Crippen LogP contribution in [0.4, 0.5) is 0 Å². The first-order valence-electron chi connectivity index (χ1n) is 6.99. The summed E-state index contributed by atoms with van der Waals surface area (Å²) in [6.45, 7) is 7.16. The van der Waals surface area contributed by atoms with Crippen molar-refractivity contribution in [2.45, 2.75) is 31.8 Å². The van der Waals surface area contributed by atoms with Crippen molar-refractivity contribution in [1.29, 1.82) is 0 Å². The molecule has 1 aromatic rings. The fourth-order valence-electron chi connectivity index (χ4n) is 2.96. The molecule has 1 unspecified atom stereocenters. The van der Waals surface area contributed by atoms with Gasteiger partial charge in [0.25, 0.3) is 0 Å². The Morgan fingerprint density at radius 2 is 2.11 bits per heavy atom. The topological polar surface area (TPSA) is 41.3 Å². The highest BCUT2D eigenvalue weighted by Gasteiger charge is 2.33. The lowest BCUT2D eigenvalue weighted by Crippen LogP contribution is -2.60. The number of piperidine rings is 1. The van der Waals surface area contributed by atoms with Gasteiger partial charge in [0.1, 0.15) is 0 Å². The molecular weight excluding hydrogens is 222 g/mol. The van der Waals surface area contributed by atoms with Crippen LogP contribution in [0.1, 0.15) is 25.3 Å². The lowest BCUT2D eigenvalue weighted by Gasteiger charge is -2.43. The third-order valence-corrected chi connectivity index (χ3v) is 3.85. The van der Waals surface area contributed by atoms with Crippen LogP contribution in [0, 0.1) is 0 Å². The summed E-state index contributed by atoms with van der Waals surface area (Å²) in [4.78, 5) is 2.52. The Balaban J connectivity index is 1.98. The molecule has 1 aliphatic rings. The van der Waals surface area contributed by atoms with Crippen LogP contribution in [0.25, 0.3) is 0 Å². The molecular formula is C15H25N3. The van der Waals surface area contributed by atoms with Crippen molar-refractivity contribution in [3.8, 4) is 0 Å². The molecule has 1 fully saturated rings. The summed E-state index contributed by atoms with van der Waals surface area (Å²) in [6.07, 6.45) is 2.43. The maximum Gasteiger partial charge on any atom is 0.0433 e. The van der Waals surface area contributed by atoms with E-state index in [1.54, 1.807) is 0 Å². The predicted molar refractivity (Wildman–Crippen MR) is 76.4 cm³/mol. The second-order valence-electron chi connectivity index (χ2n) is 5.31. The number of likely N-dealkylation sites (N-methyl/N-ethyl adjacent to an activating group) is 1. The van der Waals surface area contributed by atoms with E-state index >= 15 is 0 Å². The van der Waals surface area contributed by atoms with Crippen molar-refractivity contribution in [2.75, 3.05) is 26.2 Å². The first kappa shape index (κ1) is 13.5. The zero-order chi connectivity index (χ0) is 12.8. The summed E-state index contributed by atoms with van der Waals surface area (Å²) in [6, 6.07) is 10.7. The van der Waals surface area contributed by atoms with Gasteiger partial charge >= 0.3 is 0 Å². The molecule has 0 radical (unpaired) electrons. The van der Waals surface area contributed by atoms with Gasteiger partial charge in [-0.3, -0.25) is 4.90 Å². The summed E-state index contributed by atoms with van der Waals surface area (Å²) in [5.41, 5.74) is 7.51. The third kappa shape index (κ3) is 3.31. The van der Waals surface area contributed by atoms with Gasteiger partial charge in [0.2, 0.25) is 0 Å². The van der Waals surface area contributed by atoms with Crippen LogP contribution in [0.3, 0.4) is 0 Å². The van der Waals surface area contributed by atoms with E-state index < -0.39 is 0 Å². The predicted octanol–water partition coefficient (Wildman–Crippen LogP) is 1.59. The number of hydrogen-bond acceptors (Lipinski definition) is 3. The number of hydrogen-bond donors (Lipinski definition) is 2. The van der Waals surface area contributed by atoms with Gasteiger partial charge in [0.15, 0.2) is 0 Å². The van der Waals surface area contributed by atoms with Crippen LogP contribution >= 0.6 is 0 Å². The first-order chi connectivity index (χ1) is 8.78. The van der Waals surface area contributed by atoms with Crippen molar-refractivity contribution in [3.05, 3.63) is 35.9 Å².